The molecule has 1 aromatic heterocycles. The van der Waals surface area contributed by atoms with Crippen LogP contribution in [0.1, 0.15) is 19.0 Å². The van der Waals surface area contributed by atoms with Crippen molar-refractivity contribution in [1.82, 2.24) is 4.98 Å². The number of carbonyl (C=O) groups is 1. The molecule has 86 valence electrons. The van der Waals surface area contributed by atoms with Gasteiger partial charge in [0.1, 0.15) is 0 Å². The van der Waals surface area contributed by atoms with Crippen LogP contribution in [0.5, 0.6) is 0 Å². The van der Waals surface area contributed by atoms with Gasteiger partial charge in [-0.05, 0) is 25.5 Å². The van der Waals surface area contributed by atoms with Gasteiger partial charge in [-0.25, -0.2) is 0 Å². The topological polar surface area (TPSA) is 39.2 Å². The number of hydrogen-bond donors (Lipinski definition) is 0. The van der Waals surface area contributed by atoms with Crippen molar-refractivity contribution in [3.63, 3.8) is 0 Å². The molecule has 0 amide bonds. The molecule has 1 rings (SSSR count). The first-order chi connectivity index (χ1) is 7.77. The smallest absolute Gasteiger partial charge is 0.309 e. The van der Waals surface area contributed by atoms with Crippen molar-refractivity contribution < 1.29 is 9.53 Å². The van der Waals surface area contributed by atoms with E-state index in [0.717, 1.165) is 5.69 Å². The summed E-state index contributed by atoms with van der Waals surface area (Å²) >= 11 is 0. The number of rotatable bonds is 6. The Bertz CT molecular complexity index is 335. The van der Waals surface area contributed by atoms with Crippen molar-refractivity contribution in [2.75, 3.05) is 6.61 Å². The monoisotopic (exact) mass is 219 g/mol. The fourth-order valence-electron chi connectivity index (χ4n) is 1.50. The van der Waals surface area contributed by atoms with Gasteiger partial charge in [0.25, 0.3) is 0 Å². The van der Waals surface area contributed by atoms with Crippen LogP contribution in [0.4, 0.5) is 0 Å². The molecule has 0 aliphatic rings. The standard InChI is InChI=1S/C13H17NO2/c1-3-7-11(13(15)16-4-2)10-12-8-5-6-9-14-12/h3,5-6,8-9,11H,1,4,7,10H2,2H3/t11-/m1/s1. The van der Waals surface area contributed by atoms with E-state index in [4.69, 9.17) is 4.74 Å². The Morgan fingerprint density at radius 2 is 2.44 bits per heavy atom. The first-order valence-corrected chi connectivity index (χ1v) is 5.45. The highest BCUT2D eigenvalue weighted by Gasteiger charge is 2.19. The lowest BCUT2D eigenvalue weighted by Gasteiger charge is -2.12. The molecule has 0 fully saturated rings. The lowest BCUT2D eigenvalue weighted by Crippen LogP contribution is -2.20. The summed E-state index contributed by atoms with van der Waals surface area (Å²) in [7, 11) is 0. The number of hydrogen-bond acceptors (Lipinski definition) is 3. The molecule has 1 atom stereocenters. The maximum atomic E-state index is 11.6. The molecule has 0 bridgehead atoms. The van der Waals surface area contributed by atoms with E-state index >= 15 is 0 Å². The van der Waals surface area contributed by atoms with Gasteiger partial charge in [0.2, 0.25) is 0 Å². The van der Waals surface area contributed by atoms with E-state index < -0.39 is 0 Å². The van der Waals surface area contributed by atoms with E-state index in [0.29, 0.717) is 19.4 Å². The largest absolute Gasteiger partial charge is 0.466 e. The molecule has 0 N–H and O–H groups in total. The Labute approximate surface area is 96.2 Å². The van der Waals surface area contributed by atoms with E-state index in [1.54, 1.807) is 12.3 Å². The summed E-state index contributed by atoms with van der Waals surface area (Å²) in [6.07, 6.45) is 4.69. The average Bonchev–Trinajstić information content (AvgIpc) is 2.30. The van der Waals surface area contributed by atoms with Crippen LogP contribution in [0.25, 0.3) is 0 Å². The third-order valence-corrected chi connectivity index (χ3v) is 2.25. The van der Waals surface area contributed by atoms with Gasteiger partial charge < -0.3 is 4.74 Å². The van der Waals surface area contributed by atoms with Crippen LogP contribution in [0, 0.1) is 5.92 Å². The zero-order chi connectivity index (χ0) is 11.8. The first-order valence-electron chi connectivity index (χ1n) is 5.45. The highest BCUT2D eigenvalue weighted by molar-refractivity contribution is 5.72. The fraction of sp³-hybridized carbons (Fsp3) is 0.385. The molecule has 1 heterocycles. The minimum atomic E-state index is -0.174. The Morgan fingerprint density at radius 1 is 1.62 bits per heavy atom. The summed E-state index contributed by atoms with van der Waals surface area (Å²) in [5.74, 6) is -0.347. The quantitative estimate of drug-likeness (QED) is 0.544. The van der Waals surface area contributed by atoms with Gasteiger partial charge in [0.05, 0.1) is 12.5 Å². The van der Waals surface area contributed by atoms with Crippen molar-refractivity contribution in [1.29, 1.82) is 0 Å². The van der Waals surface area contributed by atoms with Crippen LogP contribution in [-0.4, -0.2) is 17.6 Å². The summed E-state index contributed by atoms with van der Waals surface area (Å²) in [4.78, 5) is 15.8. The number of ether oxygens (including phenoxy) is 1. The molecule has 0 spiro atoms. The summed E-state index contributed by atoms with van der Waals surface area (Å²) in [5.41, 5.74) is 0.905. The molecule has 0 unspecified atom stereocenters. The molecular formula is C13H17NO2. The minimum Gasteiger partial charge on any atom is -0.466 e. The number of pyridine rings is 1. The Kier molecular flexibility index (Phi) is 5.26. The van der Waals surface area contributed by atoms with Gasteiger partial charge >= 0.3 is 5.97 Å². The molecule has 3 heteroatoms. The van der Waals surface area contributed by atoms with Gasteiger partial charge in [-0.3, -0.25) is 9.78 Å². The normalized spacial score (nSPS) is 11.8. The van der Waals surface area contributed by atoms with Gasteiger partial charge in [-0.15, -0.1) is 6.58 Å². The summed E-state index contributed by atoms with van der Waals surface area (Å²) in [6, 6.07) is 5.68. The Morgan fingerprint density at radius 3 is 3.00 bits per heavy atom. The Hall–Kier alpha value is -1.64. The first kappa shape index (κ1) is 12.4. The average molecular weight is 219 g/mol. The van der Waals surface area contributed by atoms with E-state index in [2.05, 4.69) is 11.6 Å². The summed E-state index contributed by atoms with van der Waals surface area (Å²) < 4.78 is 5.01. The van der Waals surface area contributed by atoms with Crippen LogP contribution in [0.15, 0.2) is 37.1 Å². The zero-order valence-electron chi connectivity index (χ0n) is 9.56. The maximum absolute atomic E-state index is 11.6. The lowest BCUT2D eigenvalue weighted by atomic mass is 9.99. The molecule has 0 aromatic carbocycles. The molecule has 3 nitrogen and oxygen atoms in total. The predicted molar refractivity (Wildman–Crippen MR) is 62.9 cm³/mol. The van der Waals surface area contributed by atoms with Crippen molar-refractivity contribution >= 4 is 5.97 Å². The number of allylic oxidation sites excluding steroid dienone is 1. The van der Waals surface area contributed by atoms with Crippen LogP contribution in [0.2, 0.25) is 0 Å². The number of nitrogens with zero attached hydrogens (tertiary/aromatic N) is 1. The van der Waals surface area contributed by atoms with Gasteiger partial charge in [-0.1, -0.05) is 12.1 Å². The highest BCUT2D eigenvalue weighted by atomic mass is 16.5. The summed E-state index contributed by atoms with van der Waals surface area (Å²) in [5, 5.41) is 0. The second-order valence-corrected chi connectivity index (χ2v) is 3.50. The van der Waals surface area contributed by atoms with Crippen LogP contribution in [0.3, 0.4) is 0 Å². The third-order valence-electron chi connectivity index (χ3n) is 2.25. The molecule has 1 aromatic rings. The van der Waals surface area contributed by atoms with Crippen molar-refractivity contribution in [3.05, 3.63) is 42.7 Å². The zero-order valence-corrected chi connectivity index (χ0v) is 9.56. The summed E-state index contributed by atoms with van der Waals surface area (Å²) in [6.45, 7) is 5.88. The van der Waals surface area contributed by atoms with Crippen LogP contribution in [-0.2, 0) is 16.0 Å². The van der Waals surface area contributed by atoms with Gasteiger partial charge in [0.15, 0.2) is 0 Å². The van der Waals surface area contributed by atoms with Crippen molar-refractivity contribution in [2.45, 2.75) is 19.8 Å². The second-order valence-electron chi connectivity index (χ2n) is 3.50. The van der Waals surface area contributed by atoms with E-state index in [1.807, 2.05) is 25.1 Å². The van der Waals surface area contributed by atoms with E-state index in [9.17, 15) is 4.79 Å². The van der Waals surface area contributed by atoms with Crippen molar-refractivity contribution in [3.8, 4) is 0 Å². The van der Waals surface area contributed by atoms with E-state index in [1.165, 1.54) is 0 Å². The van der Waals surface area contributed by atoms with Crippen LogP contribution >= 0.6 is 0 Å². The minimum absolute atomic E-state index is 0.173. The SMILES string of the molecule is C=CC[C@H](Cc1ccccn1)C(=O)OCC. The van der Waals surface area contributed by atoms with E-state index in [-0.39, 0.29) is 11.9 Å². The highest BCUT2D eigenvalue weighted by Crippen LogP contribution is 2.13. The van der Waals surface area contributed by atoms with Crippen LogP contribution < -0.4 is 0 Å². The fourth-order valence-corrected chi connectivity index (χ4v) is 1.50. The molecule has 0 saturated heterocycles. The van der Waals surface area contributed by atoms with Gasteiger partial charge in [-0.2, -0.15) is 0 Å². The molecule has 0 radical (unpaired) electrons. The lowest BCUT2D eigenvalue weighted by molar-refractivity contribution is -0.147. The maximum Gasteiger partial charge on any atom is 0.309 e. The predicted octanol–water partition coefficient (Wildman–Crippen LogP) is 2.38. The molecular weight excluding hydrogens is 202 g/mol. The second kappa shape index (κ2) is 6.77. The third kappa shape index (κ3) is 3.85. The molecule has 0 aliphatic carbocycles. The number of aromatic nitrogens is 1. The Balaban J connectivity index is 2.64. The molecule has 0 aliphatic heterocycles. The van der Waals surface area contributed by atoms with Crippen molar-refractivity contribution in [2.24, 2.45) is 5.92 Å². The number of carbonyl (C=O) groups excluding carboxylic acids is 1. The molecule has 16 heavy (non-hydrogen) atoms. The molecule has 0 saturated carbocycles. The van der Waals surface area contributed by atoms with Gasteiger partial charge in [0, 0.05) is 18.3 Å². The number of esters is 1.